The maximum Gasteiger partial charge on any atom is 0.341 e. The summed E-state index contributed by atoms with van der Waals surface area (Å²) in [7, 11) is 0. The summed E-state index contributed by atoms with van der Waals surface area (Å²) in [6, 6.07) is 13.2. The highest BCUT2D eigenvalue weighted by Crippen LogP contribution is 2.37. The Morgan fingerprint density at radius 3 is 2.55 bits per heavy atom. The van der Waals surface area contributed by atoms with Crippen LogP contribution in [0.4, 0.5) is 5.00 Å². The van der Waals surface area contributed by atoms with E-state index in [0.717, 1.165) is 22.2 Å². The van der Waals surface area contributed by atoms with E-state index in [0.29, 0.717) is 34.2 Å². The van der Waals surface area contributed by atoms with Crippen molar-refractivity contribution in [3.63, 3.8) is 0 Å². The van der Waals surface area contributed by atoms with E-state index < -0.39 is 5.97 Å². The molecule has 0 radical (unpaired) electrons. The first-order valence-electron chi connectivity index (χ1n) is 10.7. The first kappa shape index (κ1) is 25.3. The third kappa shape index (κ3) is 6.82. The van der Waals surface area contributed by atoms with Crippen LogP contribution < -0.4 is 10.1 Å². The lowest BCUT2D eigenvalue weighted by Gasteiger charge is -2.10. The maximum atomic E-state index is 12.6. The summed E-state index contributed by atoms with van der Waals surface area (Å²) in [6.45, 7) is 4.50. The molecule has 1 aromatic heterocycles. The fourth-order valence-electron chi connectivity index (χ4n) is 3.18. The smallest absolute Gasteiger partial charge is 0.341 e. The number of hydrogen-bond acceptors (Lipinski definition) is 5. The van der Waals surface area contributed by atoms with E-state index in [1.54, 1.807) is 19.1 Å². The van der Waals surface area contributed by atoms with Gasteiger partial charge in [-0.3, -0.25) is 4.79 Å². The lowest BCUT2D eigenvalue weighted by molar-refractivity contribution is -0.116. The first-order valence-corrected chi connectivity index (χ1v) is 12.7. The second-order valence-corrected chi connectivity index (χ2v) is 9.37. The largest absolute Gasteiger partial charge is 0.492 e. The number of halogens is 2. The minimum Gasteiger partial charge on any atom is -0.492 e. The van der Waals surface area contributed by atoms with Gasteiger partial charge in [0.15, 0.2) is 0 Å². The molecule has 8 heteroatoms. The fraction of sp³-hybridized carbons (Fsp3) is 0.280. The monoisotopic (exact) mass is 549 g/mol. The number of benzene rings is 2. The molecule has 0 saturated carbocycles. The number of nitrogens with one attached hydrogen (secondary N) is 1. The van der Waals surface area contributed by atoms with Crippen molar-refractivity contribution in [1.29, 1.82) is 0 Å². The molecule has 0 aliphatic rings. The molecule has 0 unspecified atom stereocenters. The molecule has 33 heavy (non-hydrogen) atoms. The molecule has 0 bridgehead atoms. The number of amides is 1. The summed E-state index contributed by atoms with van der Waals surface area (Å²) in [4.78, 5) is 25.2. The molecule has 0 spiro atoms. The molecular weight excluding hydrogens is 526 g/mol. The minimum atomic E-state index is -0.470. The molecule has 0 fully saturated rings. The molecule has 0 saturated heterocycles. The van der Waals surface area contributed by atoms with Crippen LogP contribution in [0.2, 0.25) is 5.02 Å². The van der Waals surface area contributed by atoms with Crippen LogP contribution in [-0.4, -0.2) is 25.1 Å². The number of esters is 1. The Morgan fingerprint density at radius 2 is 1.88 bits per heavy atom. The van der Waals surface area contributed by atoms with Crippen molar-refractivity contribution in [2.75, 3.05) is 18.5 Å². The van der Waals surface area contributed by atoms with E-state index in [-0.39, 0.29) is 18.9 Å². The average molecular weight is 551 g/mol. The van der Waals surface area contributed by atoms with Crippen LogP contribution in [0.5, 0.6) is 5.75 Å². The third-order valence-corrected chi connectivity index (χ3v) is 6.66. The molecule has 174 valence electrons. The minimum absolute atomic E-state index is 0.186. The van der Waals surface area contributed by atoms with Gasteiger partial charge in [-0.25, -0.2) is 4.79 Å². The van der Waals surface area contributed by atoms with E-state index in [1.807, 2.05) is 35.7 Å². The predicted molar refractivity (Wildman–Crippen MR) is 138 cm³/mol. The molecule has 2 aromatic carbocycles. The van der Waals surface area contributed by atoms with Crippen LogP contribution in [0.25, 0.3) is 11.1 Å². The molecule has 0 aliphatic heterocycles. The first-order chi connectivity index (χ1) is 15.9. The number of ether oxygens (including phenoxy) is 2. The lowest BCUT2D eigenvalue weighted by atomic mass is 10.0. The number of thiophene rings is 1. The van der Waals surface area contributed by atoms with Gasteiger partial charge in [-0.1, -0.05) is 36.7 Å². The molecule has 0 aliphatic carbocycles. The Labute approximate surface area is 211 Å². The molecule has 3 aromatic rings. The highest BCUT2D eigenvalue weighted by Gasteiger charge is 2.22. The number of hydrogen-bond donors (Lipinski definition) is 1. The van der Waals surface area contributed by atoms with Crippen molar-refractivity contribution in [3.05, 3.63) is 68.5 Å². The van der Waals surface area contributed by atoms with Crippen LogP contribution in [0, 0.1) is 0 Å². The summed E-state index contributed by atoms with van der Waals surface area (Å²) in [5.41, 5.74) is 3.11. The standard InChI is InChI=1S/C25H25BrClNO4S/c1-3-16-7-12-21(20(26)14-16)32-13-5-6-22(29)28-24-23(25(30)31-4-2)19(15-33-24)17-8-10-18(27)11-9-17/h7-12,14-15H,3-6,13H2,1-2H3,(H,28,29). The number of carbonyl (C=O) groups is 2. The predicted octanol–water partition coefficient (Wildman–Crippen LogP) is 7.37. The van der Waals surface area contributed by atoms with Gasteiger partial charge in [0.1, 0.15) is 16.3 Å². The van der Waals surface area contributed by atoms with Gasteiger partial charge in [-0.15, -0.1) is 11.3 Å². The van der Waals surface area contributed by atoms with Crippen LogP contribution in [0.3, 0.4) is 0 Å². The van der Waals surface area contributed by atoms with E-state index in [1.165, 1.54) is 16.9 Å². The van der Waals surface area contributed by atoms with Crippen molar-refractivity contribution < 1.29 is 19.1 Å². The third-order valence-electron chi connectivity index (χ3n) is 4.89. The number of carbonyl (C=O) groups excluding carboxylic acids is 2. The van der Waals surface area contributed by atoms with Crippen molar-refractivity contribution >= 4 is 55.7 Å². The second kappa shape index (κ2) is 12.2. The quantitative estimate of drug-likeness (QED) is 0.211. The molecule has 0 atom stereocenters. The Hall–Kier alpha value is -2.35. The summed E-state index contributed by atoms with van der Waals surface area (Å²) < 4.78 is 11.9. The van der Waals surface area contributed by atoms with E-state index >= 15 is 0 Å². The van der Waals surface area contributed by atoms with Gasteiger partial charge in [-0.05, 0) is 71.1 Å². The zero-order valence-corrected chi connectivity index (χ0v) is 21.6. The molecule has 1 heterocycles. The molecular formula is C25H25BrClNO4S. The highest BCUT2D eigenvalue weighted by molar-refractivity contribution is 9.10. The summed E-state index contributed by atoms with van der Waals surface area (Å²) >= 11 is 10.8. The lowest BCUT2D eigenvalue weighted by Crippen LogP contribution is -2.15. The summed E-state index contributed by atoms with van der Waals surface area (Å²) in [6.07, 6.45) is 1.76. The van der Waals surface area contributed by atoms with Gasteiger partial charge >= 0.3 is 5.97 Å². The zero-order valence-electron chi connectivity index (χ0n) is 18.5. The normalized spacial score (nSPS) is 10.7. The second-order valence-electron chi connectivity index (χ2n) is 7.20. The average Bonchev–Trinajstić information content (AvgIpc) is 3.21. The maximum absolute atomic E-state index is 12.6. The van der Waals surface area contributed by atoms with E-state index in [4.69, 9.17) is 21.1 Å². The van der Waals surface area contributed by atoms with E-state index in [9.17, 15) is 9.59 Å². The number of aryl methyl sites for hydroxylation is 1. The molecule has 1 N–H and O–H groups in total. The van der Waals surface area contributed by atoms with Gasteiger partial charge in [-0.2, -0.15) is 0 Å². The highest BCUT2D eigenvalue weighted by atomic mass is 79.9. The zero-order chi connectivity index (χ0) is 23.8. The van der Waals surface area contributed by atoms with E-state index in [2.05, 4.69) is 28.2 Å². The Morgan fingerprint density at radius 1 is 1.12 bits per heavy atom. The summed E-state index contributed by atoms with van der Waals surface area (Å²) in [5.74, 6) is 0.0971. The Balaban J connectivity index is 1.63. The van der Waals surface area contributed by atoms with Crippen LogP contribution >= 0.6 is 38.9 Å². The van der Waals surface area contributed by atoms with Gasteiger partial charge in [0.2, 0.25) is 5.91 Å². The summed E-state index contributed by atoms with van der Waals surface area (Å²) in [5, 5.41) is 5.78. The molecule has 1 amide bonds. The number of rotatable bonds is 10. The SMILES string of the molecule is CCOC(=O)c1c(-c2ccc(Cl)cc2)csc1NC(=O)CCCOc1ccc(CC)cc1Br. The molecule has 5 nitrogen and oxygen atoms in total. The van der Waals surface area contributed by atoms with Crippen molar-refractivity contribution in [2.45, 2.75) is 33.1 Å². The van der Waals surface area contributed by atoms with Crippen LogP contribution in [0.1, 0.15) is 42.6 Å². The topological polar surface area (TPSA) is 64.6 Å². The van der Waals surface area contributed by atoms with Gasteiger partial charge < -0.3 is 14.8 Å². The van der Waals surface area contributed by atoms with Crippen LogP contribution in [0.15, 0.2) is 52.3 Å². The number of anilines is 1. The Bertz CT molecular complexity index is 1110. The van der Waals surface area contributed by atoms with Crippen LogP contribution in [-0.2, 0) is 16.0 Å². The van der Waals surface area contributed by atoms with Gasteiger partial charge in [0, 0.05) is 22.4 Å². The van der Waals surface area contributed by atoms with Gasteiger partial charge in [0.25, 0.3) is 0 Å². The van der Waals surface area contributed by atoms with Crippen molar-refractivity contribution in [1.82, 2.24) is 0 Å². The van der Waals surface area contributed by atoms with Crippen molar-refractivity contribution in [3.8, 4) is 16.9 Å². The Kier molecular flexibility index (Phi) is 9.35. The fourth-order valence-corrected chi connectivity index (χ4v) is 4.82. The molecule has 3 rings (SSSR count). The van der Waals surface area contributed by atoms with Gasteiger partial charge in [0.05, 0.1) is 17.7 Å². The van der Waals surface area contributed by atoms with Crippen molar-refractivity contribution in [2.24, 2.45) is 0 Å².